The Morgan fingerprint density at radius 2 is 1.79 bits per heavy atom. The van der Waals surface area contributed by atoms with Crippen LogP contribution in [0.25, 0.3) is 0 Å². The van der Waals surface area contributed by atoms with Crippen LogP contribution in [-0.2, 0) is 11.2 Å². The van der Waals surface area contributed by atoms with Gasteiger partial charge in [-0.25, -0.2) is 0 Å². The predicted octanol–water partition coefficient (Wildman–Crippen LogP) is 3.75. The van der Waals surface area contributed by atoms with Crippen LogP contribution >= 0.6 is 22.6 Å². The Bertz CT molecular complexity index is 269. The van der Waals surface area contributed by atoms with E-state index in [1.54, 1.807) is 0 Å². The summed E-state index contributed by atoms with van der Waals surface area (Å²) in [7, 11) is 0. The van der Waals surface area contributed by atoms with Crippen LogP contribution in [0.2, 0.25) is 0 Å². The van der Waals surface area contributed by atoms with E-state index in [1.165, 1.54) is 12.0 Å². The standard InChI is InChI=1S/C12H15IO/c13-12(14)10-6-2-5-9-11-7-3-1-4-8-11/h1,3-4,7-8H,2,5-6,9-10H2. The van der Waals surface area contributed by atoms with Gasteiger partial charge in [-0.05, 0) is 47.4 Å². The van der Waals surface area contributed by atoms with E-state index in [9.17, 15) is 4.79 Å². The molecular formula is C12H15IO. The lowest BCUT2D eigenvalue weighted by molar-refractivity contribution is -0.109. The van der Waals surface area contributed by atoms with Gasteiger partial charge in [-0.3, -0.25) is 4.79 Å². The number of rotatable bonds is 6. The van der Waals surface area contributed by atoms with Crippen LogP contribution in [-0.4, -0.2) is 3.79 Å². The van der Waals surface area contributed by atoms with Crippen molar-refractivity contribution < 1.29 is 4.79 Å². The Hall–Kier alpha value is -0.380. The van der Waals surface area contributed by atoms with Crippen molar-refractivity contribution in [3.8, 4) is 0 Å². The van der Waals surface area contributed by atoms with E-state index in [-0.39, 0.29) is 3.79 Å². The molecule has 0 aliphatic carbocycles. The van der Waals surface area contributed by atoms with Gasteiger partial charge in [-0.2, -0.15) is 0 Å². The van der Waals surface area contributed by atoms with E-state index in [1.807, 2.05) is 28.7 Å². The second kappa shape index (κ2) is 6.98. The van der Waals surface area contributed by atoms with Crippen molar-refractivity contribution in [2.45, 2.75) is 32.1 Å². The summed E-state index contributed by atoms with van der Waals surface area (Å²) in [5, 5.41) is 0. The Balaban J connectivity index is 2.08. The van der Waals surface area contributed by atoms with Crippen LogP contribution in [0.5, 0.6) is 0 Å². The summed E-state index contributed by atoms with van der Waals surface area (Å²) < 4.78 is 0.280. The van der Waals surface area contributed by atoms with Gasteiger partial charge >= 0.3 is 0 Å². The van der Waals surface area contributed by atoms with Gasteiger partial charge in [-0.1, -0.05) is 36.8 Å². The molecule has 0 spiro atoms. The molecule has 0 atom stereocenters. The van der Waals surface area contributed by atoms with Gasteiger partial charge in [-0.15, -0.1) is 0 Å². The fraction of sp³-hybridized carbons (Fsp3) is 0.417. The molecule has 0 heterocycles. The zero-order chi connectivity index (χ0) is 10.2. The maximum Gasteiger partial charge on any atom is 0.192 e. The van der Waals surface area contributed by atoms with Crippen LogP contribution in [0.15, 0.2) is 30.3 Å². The molecular weight excluding hydrogens is 287 g/mol. The molecule has 0 radical (unpaired) electrons. The molecule has 0 saturated heterocycles. The smallest absolute Gasteiger partial charge is 0.192 e. The second-order valence-corrected chi connectivity index (χ2v) is 4.60. The normalized spacial score (nSPS) is 10.1. The predicted molar refractivity (Wildman–Crippen MR) is 67.6 cm³/mol. The third-order valence-electron chi connectivity index (χ3n) is 2.18. The van der Waals surface area contributed by atoms with E-state index >= 15 is 0 Å². The Morgan fingerprint density at radius 3 is 2.43 bits per heavy atom. The summed E-state index contributed by atoms with van der Waals surface area (Å²) in [5.74, 6) is 0. The van der Waals surface area contributed by atoms with Crippen molar-refractivity contribution in [1.29, 1.82) is 0 Å². The largest absolute Gasteiger partial charge is 0.288 e. The summed E-state index contributed by atoms with van der Waals surface area (Å²) in [6.45, 7) is 0. The molecule has 0 unspecified atom stereocenters. The Labute approximate surface area is 99.0 Å². The summed E-state index contributed by atoms with van der Waals surface area (Å²) in [5.41, 5.74) is 1.40. The number of unbranched alkanes of at least 4 members (excludes halogenated alkanes) is 2. The van der Waals surface area contributed by atoms with Crippen LogP contribution in [0.3, 0.4) is 0 Å². The molecule has 1 aromatic rings. The molecule has 0 N–H and O–H groups in total. The number of benzene rings is 1. The Morgan fingerprint density at radius 1 is 1.07 bits per heavy atom. The van der Waals surface area contributed by atoms with Gasteiger partial charge in [0.05, 0.1) is 0 Å². The van der Waals surface area contributed by atoms with Gasteiger partial charge < -0.3 is 0 Å². The number of carbonyl (C=O) groups excluding carboxylic acids is 1. The first-order valence-corrected chi connectivity index (χ1v) is 6.09. The first-order chi connectivity index (χ1) is 6.79. The van der Waals surface area contributed by atoms with Crippen molar-refractivity contribution in [2.75, 3.05) is 0 Å². The first-order valence-electron chi connectivity index (χ1n) is 5.01. The lowest BCUT2D eigenvalue weighted by atomic mass is 10.1. The van der Waals surface area contributed by atoms with Crippen molar-refractivity contribution in [2.24, 2.45) is 0 Å². The van der Waals surface area contributed by atoms with E-state index in [4.69, 9.17) is 0 Å². The molecule has 0 aromatic heterocycles. The van der Waals surface area contributed by atoms with E-state index < -0.39 is 0 Å². The zero-order valence-corrected chi connectivity index (χ0v) is 10.4. The Kier molecular flexibility index (Phi) is 5.83. The van der Waals surface area contributed by atoms with Gasteiger partial charge in [0, 0.05) is 6.42 Å². The van der Waals surface area contributed by atoms with Crippen LogP contribution in [0, 0.1) is 0 Å². The fourth-order valence-electron chi connectivity index (χ4n) is 1.41. The molecule has 0 aliphatic rings. The molecule has 1 aromatic carbocycles. The summed E-state index contributed by atoms with van der Waals surface area (Å²) in [6.07, 6.45) is 5.25. The zero-order valence-electron chi connectivity index (χ0n) is 8.21. The fourth-order valence-corrected chi connectivity index (χ4v) is 1.80. The van der Waals surface area contributed by atoms with E-state index in [0.29, 0.717) is 0 Å². The molecule has 0 saturated carbocycles. The summed E-state index contributed by atoms with van der Waals surface area (Å²) in [4.78, 5) is 10.7. The lowest BCUT2D eigenvalue weighted by Crippen LogP contribution is -1.88. The second-order valence-electron chi connectivity index (χ2n) is 3.40. The molecule has 76 valence electrons. The van der Waals surface area contributed by atoms with Crippen molar-refractivity contribution in [3.63, 3.8) is 0 Å². The van der Waals surface area contributed by atoms with Gasteiger partial charge in [0.25, 0.3) is 0 Å². The molecule has 2 heteroatoms. The highest BCUT2D eigenvalue weighted by molar-refractivity contribution is 14.1. The number of carbonyl (C=O) groups is 1. The average molecular weight is 302 g/mol. The van der Waals surface area contributed by atoms with Crippen LogP contribution in [0.4, 0.5) is 0 Å². The highest BCUT2D eigenvalue weighted by Gasteiger charge is 1.96. The summed E-state index contributed by atoms with van der Waals surface area (Å²) in [6, 6.07) is 10.5. The number of aryl methyl sites for hydroxylation is 1. The highest BCUT2D eigenvalue weighted by atomic mass is 127. The number of halogens is 1. The molecule has 1 rings (SSSR count). The molecule has 14 heavy (non-hydrogen) atoms. The van der Waals surface area contributed by atoms with E-state index in [2.05, 4.69) is 24.3 Å². The lowest BCUT2D eigenvalue weighted by Gasteiger charge is -2.00. The number of hydrogen-bond donors (Lipinski definition) is 0. The van der Waals surface area contributed by atoms with Crippen molar-refractivity contribution in [3.05, 3.63) is 35.9 Å². The molecule has 0 aliphatic heterocycles. The monoisotopic (exact) mass is 302 g/mol. The van der Waals surface area contributed by atoms with Gasteiger partial charge in [0.15, 0.2) is 3.79 Å². The molecule has 1 nitrogen and oxygen atoms in total. The summed E-state index contributed by atoms with van der Waals surface area (Å²) >= 11 is 1.87. The SMILES string of the molecule is O=C(I)CCCCCc1ccccc1. The molecule has 0 fully saturated rings. The highest BCUT2D eigenvalue weighted by Crippen LogP contribution is 2.08. The van der Waals surface area contributed by atoms with Crippen LogP contribution in [0.1, 0.15) is 31.2 Å². The minimum absolute atomic E-state index is 0.280. The topological polar surface area (TPSA) is 17.1 Å². The maximum absolute atomic E-state index is 10.7. The first kappa shape index (κ1) is 11.7. The molecule has 0 amide bonds. The number of hydrogen-bond acceptors (Lipinski definition) is 1. The minimum Gasteiger partial charge on any atom is -0.288 e. The van der Waals surface area contributed by atoms with E-state index in [0.717, 1.165) is 25.7 Å². The molecule has 0 bridgehead atoms. The quantitative estimate of drug-likeness (QED) is 0.444. The maximum atomic E-state index is 10.7. The average Bonchev–Trinajstić information content (AvgIpc) is 2.18. The minimum atomic E-state index is 0.280. The van der Waals surface area contributed by atoms with Crippen LogP contribution < -0.4 is 0 Å². The van der Waals surface area contributed by atoms with Crippen molar-refractivity contribution >= 4 is 26.4 Å². The van der Waals surface area contributed by atoms with Crippen molar-refractivity contribution in [1.82, 2.24) is 0 Å². The van der Waals surface area contributed by atoms with Gasteiger partial charge in [0.2, 0.25) is 0 Å². The van der Waals surface area contributed by atoms with Gasteiger partial charge in [0.1, 0.15) is 0 Å². The third kappa shape index (κ3) is 5.37. The third-order valence-corrected chi connectivity index (χ3v) is 2.72.